The van der Waals surface area contributed by atoms with Gasteiger partial charge >= 0.3 is 6.09 Å². The number of rotatable bonds is 2. The van der Waals surface area contributed by atoms with Crippen LogP contribution in [-0.4, -0.2) is 52.3 Å². The third kappa shape index (κ3) is 4.20. The van der Waals surface area contributed by atoms with Crippen LogP contribution in [0.5, 0.6) is 0 Å². The van der Waals surface area contributed by atoms with Gasteiger partial charge in [0.05, 0.1) is 6.04 Å². The molecule has 0 spiro atoms. The van der Waals surface area contributed by atoms with Crippen LogP contribution in [0.1, 0.15) is 61.8 Å². The van der Waals surface area contributed by atoms with Crippen molar-refractivity contribution in [2.75, 3.05) is 0 Å². The van der Waals surface area contributed by atoms with Crippen molar-refractivity contribution in [1.82, 2.24) is 4.90 Å². The van der Waals surface area contributed by atoms with Crippen LogP contribution < -0.4 is 0 Å². The molecule has 25 heavy (non-hydrogen) atoms. The second kappa shape index (κ2) is 6.06. The van der Waals surface area contributed by atoms with E-state index in [4.69, 9.17) is 14.2 Å². The SMILES string of the molecule is CC(C)(C)OC(=O)N1C(=O)[C@H]2OC(C)(C)O[C@H]2[C@@H]1CC(=O)C(C)(C)C. The van der Waals surface area contributed by atoms with Crippen LogP contribution in [0.3, 0.4) is 0 Å². The number of amides is 2. The molecule has 2 aliphatic heterocycles. The second-order valence-corrected chi connectivity index (χ2v) is 9.15. The van der Waals surface area contributed by atoms with Gasteiger partial charge < -0.3 is 14.2 Å². The molecular weight excluding hydrogens is 326 g/mol. The van der Waals surface area contributed by atoms with E-state index in [0.29, 0.717) is 0 Å². The van der Waals surface area contributed by atoms with E-state index >= 15 is 0 Å². The maximum Gasteiger partial charge on any atom is 0.417 e. The van der Waals surface area contributed by atoms with Gasteiger partial charge in [0.25, 0.3) is 5.91 Å². The molecule has 2 aliphatic rings. The van der Waals surface area contributed by atoms with Gasteiger partial charge in [0.15, 0.2) is 11.9 Å². The van der Waals surface area contributed by atoms with Crippen LogP contribution in [0.2, 0.25) is 0 Å². The number of likely N-dealkylation sites (tertiary alicyclic amines) is 1. The number of carbonyl (C=O) groups excluding carboxylic acids is 3. The summed E-state index contributed by atoms with van der Waals surface area (Å²) < 4.78 is 16.8. The van der Waals surface area contributed by atoms with E-state index < -0.39 is 47.1 Å². The maximum absolute atomic E-state index is 12.8. The molecule has 0 radical (unpaired) electrons. The fourth-order valence-electron chi connectivity index (χ4n) is 2.95. The van der Waals surface area contributed by atoms with Crippen molar-refractivity contribution in [3.8, 4) is 0 Å². The molecule has 2 heterocycles. The van der Waals surface area contributed by atoms with E-state index in [1.54, 1.807) is 55.4 Å². The van der Waals surface area contributed by atoms with Gasteiger partial charge in [0.1, 0.15) is 17.5 Å². The Morgan fingerprint density at radius 1 is 1.12 bits per heavy atom. The Morgan fingerprint density at radius 3 is 2.16 bits per heavy atom. The monoisotopic (exact) mass is 355 g/mol. The summed E-state index contributed by atoms with van der Waals surface area (Å²) in [5.74, 6) is -1.52. The highest BCUT2D eigenvalue weighted by Gasteiger charge is 2.60. The Kier molecular flexibility index (Phi) is 4.81. The molecular formula is C18H29NO6. The number of carbonyl (C=O) groups is 3. The predicted molar refractivity (Wildman–Crippen MR) is 89.8 cm³/mol. The highest BCUT2D eigenvalue weighted by atomic mass is 16.8. The number of Topliss-reactive ketones (excluding diaryl/α,β-unsaturated/α-hetero) is 1. The molecule has 0 bridgehead atoms. The molecule has 0 N–H and O–H groups in total. The first-order chi connectivity index (χ1) is 11.1. The zero-order valence-corrected chi connectivity index (χ0v) is 16.3. The number of ether oxygens (including phenoxy) is 3. The minimum absolute atomic E-state index is 0.00902. The van der Waals surface area contributed by atoms with Crippen molar-refractivity contribution in [3.63, 3.8) is 0 Å². The summed E-state index contributed by atoms with van der Waals surface area (Å²) in [6, 6.07) is -0.735. The normalized spacial score (nSPS) is 28.9. The lowest BCUT2D eigenvalue weighted by Crippen LogP contribution is -2.48. The Morgan fingerprint density at radius 2 is 1.68 bits per heavy atom. The molecule has 142 valence electrons. The highest BCUT2D eigenvalue weighted by molar-refractivity contribution is 5.99. The minimum Gasteiger partial charge on any atom is -0.443 e. The number of fused-ring (bicyclic) bond motifs is 1. The summed E-state index contributed by atoms with van der Waals surface area (Å²) in [6.07, 6.45) is -2.35. The Labute approximate surface area is 149 Å². The molecule has 0 saturated carbocycles. The zero-order chi connectivity index (χ0) is 19.4. The maximum atomic E-state index is 12.8. The van der Waals surface area contributed by atoms with Gasteiger partial charge in [-0.2, -0.15) is 0 Å². The van der Waals surface area contributed by atoms with Crippen LogP contribution in [0.25, 0.3) is 0 Å². The molecule has 2 amide bonds. The number of ketones is 1. The van der Waals surface area contributed by atoms with Crippen LogP contribution in [0.4, 0.5) is 4.79 Å². The third-order valence-corrected chi connectivity index (χ3v) is 4.14. The molecule has 2 fully saturated rings. The van der Waals surface area contributed by atoms with Gasteiger partial charge in [0, 0.05) is 11.8 Å². The lowest BCUT2D eigenvalue weighted by molar-refractivity contribution is -0.172. The third-order valence-electron chi connectivity index (χ3n) is 4.14. The van der Waals surface area contributed by atoms with E-state index in [9.17, 15) is 14.4 Å². The van der Waals surface area contributed by atoms with E-state index in [2.05, 4.69) is 0 Å². The smallest absolute Gasteiger partial charge is 0.417 e. The van der Waals surface area contributed by atoms with Gasteiger partial charge in [-0.1, -0.05) is 20.8 Å². The Hall–Kier alpha value is -1.47. The van der Waals surface area contributed by atoms with Crippen molar-refractivity contribution in [3.05, 3.63) is 0 Å². The molecule has 0 aromatic rings. The van der Waals surface area contributed by atoms with Crippen molar-refractivity contribution in [2.45, 2.75) is 91.4 Å². The van der Waals surface area contributed by atoms with Crippen LogP contribution in [0.15, 0.2) is 0 Å². The molecule has 0 unspecified atom stereocenters. The second-order valence-electron chi connectivity index (χ2n) is 9.15. The molecule has 7 nitrogen and oxygen atoms in total. The average Bonchev–Trinajstić information content (AvgIpc) is 2.80. The zero-order valence-electron chi connectivity index (χ0n) is 16.3. The van der Waals surface area contributed by atoms with E-state index in [-0.39, 0.29) is 12.2 Å². The Balaban J connectivity index is 2.31. The molecule has 0 aromatic heterocycles. The first-order valence-corrected chi connectivity index (χ1v) is 8.57. The number of hydrogen-bond acceptors (Lipinski definition) is 6. The molecule has 0 aliphatic carbocycles. The number of imide groups is 1. The van der Waals surface area contributed by atoms with Crippen LogP contribution in [0, 0.1) is 5.41 Å². The lowest BCUT2D eigenvalue weighted by Gasteiger charge is -2.31. The number of nitrogens with zero attached hydrogens (tertiary/aromatic N) is 1. The molecule has 2 saturated heterocycles. The fraction of sp³-hybridized carbons (Fsp3) is 0.833. The summed E-state index contributed by atoms with van der Waals surface area (Å²) in [4.78, 5) is 38.9. The van der Waals surface area contributed by atoms with Crippen molar-refractivity contribution in [1.29, 1.82) is 0 Å². The summed E-state index contributed by atoms with van der Waals surface area (Å²) in [5, 5.41) is 0. The van der Waals surface area contributed by atoms with Gasteiger partial charge in [-0.3, -0.25) is 9.59 Å². The molecule has 2 rings (SSSR count). The quantitative estimate of drug-likeness (QED) is 0.757. The van der Waals surface area contributed by atoms with Crippen molar-refractivity contribution < 1.29 is 28.6 Å². The highest BCUT2D eigenvalue weighted by Crippen LogP contribution is 2.40. The fourth-order valence-corrected chi connectivity index (χ4v) is 2.95. The predicted octanol–water partition coefficient (Wildman–Crippen LogP) is 2.66. The van der Waals surface area contributed by atoms with Crippen LogP contribution >= 0.6 is 0 Å². The van der Waals surface area contributed by atoms with Gasteiger partial charge in [-0.15, -0.1) is 0 Å². The van der Waals surface area contributed by atoms with Gasteiger partial charge in [0.2, 0.25) is 0 Å². The first kappa shape index (κ1) is 19.8. The summed E-state index contributed by atoms with van der Waals surface area (Å²) in [5.41, 5.74) is -1.34. The van der Waals surface area contributed by atoms with Crippen molar-refractivity contribution in [2.24, 2.45) is 5.41 Å². The number of hydrogen-bond donors (Lipinski definition) is 0. The lowest BCUT2D eigenvalue weighted by atomic mass is 9.86. The van der Waals surface area contributed by atoms with E-state index in [0.717, 1.165) is 4.90 Å². The Bertz CT molecular complexity index is 583. The van der Waals surface area contributed by atoms with Gasteiger partial charge in [-0.05, 0) is 34.6 Å². The average molecular weight is 355 g/mol. The van der Waals surface area contributed by atoms with Crippen molar-refractivity contribution >= 4 is 17.8 Å². The summed E-state index contributed by atoms with van der Waals surface area (Å²) >= 11 is 0. The molecule has 0 aromatic carbocycles. The van der Waals surface area contributed by atoms with Gasteiger partial charge in [-0.25, -0.2) is 9.69 Å². The summed E-state index contributed by atoms with van der Waals surface area (Å²) in [6.45, 7) is 14.0. The standard InChI is InChI=1S/C18H29NO6/c1-16(2,3)11(20)9-10-12-13(24-18(7,8)23-12)14(21)19(10)15(22)25-17(4,5)6/h10,12-13H,9H2,1-8H3/t10-,12-,13-/m0/s1. The first-order valence-electron chi connectivity index (χ1n) is 8.57. The summed E-state index contributed by atoms with van der Waals surface area (Å²) in [7, 11) is 0. The van der Waals surface area contributed by atoms with E-state index in [1.807, 2.05) is 0 Å². The molecule has 7 heteroatoms. The largest absolute Gasteiger partial charge is 0.443 e. The topological polar surface area (TPSA) is 82.1 Å². The minimum atomic E-state index is -0.936. The molecule has 3 atom stereocenters. The van der Waals surface area contributed by atoms with Crippen LogP contribution in [-0.2, 0) is 23.8 Å². The van der Waals surface area contributed by atoms with E-state index in [1.165, 1.54) is 0 Å².